The molecule has 8 heteroatoms. The molecule has 0 aromatic heterocycles. The number of benzene rings is 2. The highest BCUT2D eigenvalue weighted by Crippen LogP contribution is 2.21. The van der Waals surface area contributed by atoms with Crippen molar-refractivity contribution >= 4 is 27.5 Å². The average molecular weight is 409 g/mol. The molecule has 144 valence electrons. The summed E-state index contributed by atoms with van der Waals surface area (Å²) in [5.41, 5.74) is 0.505. The largest absolute Gasteiger partial charge is 0.494 e. The molecular weight excluding hydrogens is 388 g/mol. The lowest BCUT2D eigenvalue weighted by Crippen LogP contribution is -2.50. The minimum Gasteiger partial charge on any atom is -0.494 e. The molecule has 0 unspecified atom stereocenters. The van der Waals surface area contributed by atoms with Crippen LogP contribution in [-0.2, 0) is 10.0 Å². The van der Waals surface area contributed by atoms with Crippen LogP contribution in [0.25, 0.3) is 0 Å². The first kappa shape index (κ1) is 19.7. The Morgan fingerprint density at radius 3 is 2.33 bits per heavy atom. The van der Waals surface area contributed by atoms with Gasteiger partial charge in [0.15, 0.2) is 0 Å². The minimum absolute atomic E-state index is 0.143. The second kappa shape index (κ2) is 8.29. The summed E-state index contributed by atoms with van der Waals surface area (Å²) in [5, 5.41) is 0.498. The van der Waals surface area contributed by atoms with Gasteiger partial charge in [0.1, 0.15) is 5.75 Å². The molecule has 1 amide bonds. The van der Waals surface area contributed by atoms with Crippen molar-refractivity contribution in [2.45, 2.75) is 11.8 Å². The minimum atomic E-state index is -3.60. The molecule has 0 bridgehead atoms. The number of carbonyl (C=O) groups is 1. The highest BCUT2D eigenvalue weighted by molar-refractivity contribution is 7.89. The van der Waals surface area contributed by atoms with E-state index in [2.05, 4.69) is 0 Å². The van der Waals surface area contributed by atoms with E-state index >= 15 is 0 Å². The number of sulfonamides is 1. The third-order valence-electron chi connectivity index (χ3n) is 4.37. The molecule has 1 aliphatic rings. The maximum Gasteiger partial charge on any atom is 0.253 e. The Morgan fingerprint density at radius 1 is 1.07 bits per heavy atom. The predicted molar refractivity (Wildman–Crippen MR) is 104 cm³/mol. The zero-order valence-electron chi connectivity index (χ0n) is 15.0. The fourth-order valence-corrected chi connectivity index (χ4v) is 4.57. The van der Waals surface area contributed by atoms with Gasteiger partial charge in [0.05, 0.1) is 11.5 Å². The number of amides is 1. The van der Waals surface area contributed by atoms with Crippen molar-refractivity contribution in [1.82, 2.24) is 9.21 Å². The first-order chi connectivity index (χ1) is 12.9. The van der Waals surface area contributed by atoms with Crippen molar-refractivity contribution in [1.29, 1.82) is 0 Å². The topological polar surface area (TPSA) is 66.9 Å². The van der Waals surface area contributed by atoms with Crippen molar-refractivity contribution in [3.05, 3.63) is 59.1 Å². The molecule has 1 saturated heterocycles. The Morgan fingerprint density at radius 2 is 1.74 bits per heavy atom. The molecule has 1 heterocycles. The molecule has 0 atom stereocenters. The Labute approximate surface area is 164 Å². The molecular formula is C19H21ClN2O4S. The van der Waals surface area contributed by atoms with E-state index < -0.39 is 10.0 Å². The van der Waals surface area contributed by atoms with E-state index in [0.29, 0.717) is 36.0 Å². The van der Waals surface area contributed by atoms with Crippen LogP contribution in [0.5, 0.6) is 5.75 Å². The van der Waals surface area contributed by atoms with Gasteiger partial charge in [-0.1, -0.05) is 17.7 Å². The molecule has 6 nitrogen and oxygen atoms in total. The number of hydrogen-bond acceptors (Lipinski definition) is 4. The van der Waals surface area contributed by atoms with Crippen LogP contribution in [0, 0.1) is 0 Å². The summed E-state index contributed by atoms with van der Waals surface area (Å²) in [4.78, 5) is 14.4. The van der Waals surface area contributed by atoms with E-state index in [1.165, 1.54) is 4.31 Å². The van der Waals surface area contributed by atoms with Crippen molar-refractivity contribution in [2.24, 2.45) is 0 Å². The second-order valence-corrected chi connectivity index (χ2v) is 8.49. The fraction of sp³-hybridized carbons (Fsp3) is 0.316. The normalized spacial score (nSPS) is 15.6. The van der Waals surface area contributed by atoms with Gasteiger partial charge < -0.3 is 9.64 Å². The number of carbonyl (C=O) groups excluding carboxylic acids is 1. The first-order valence-electron chi connectivity index (χ1n) is 8.69. The Balaban J connectivity index is 1.66. The number of nitrogens with zero attached hydrogens (tertiary/aromatic N) is 2. The molecule has 0 aliphatic carbocycles. The lowest BCUT2D eigenvalue weighted by molar-refractivity contribution is 0.0698. The van der Waals surface area contributed by atoms with Crippen LogP contribution in [0.2, 0.25) is 5.02 Å². The van der Waals surface area contributed by atoms with Crippen LogP contribution in [0.4, 0.5) is 0 Å². The first-order valence-corrected chi connectivity index (χ1v) is 10.5. The Kier molecular flexibility index (Phi) is 6.04. The SMILES string of the molecule is CCOc1ccc(S(=O)(=O)N2CCN(C(=O)c3cccc(Cl)c3)CC2)cc1. The van der Waals surface area contributed by atoms with E-state index in [0.717, 1.165) is 0 Å². The fourth-order valence-electron chi connectivity index (χ4n) is 2.96. The van der Waals surface area contributed by atoms with Crippen LogP contribution in [0.15, 0.2) is 53.4 Å². The number of piperazine rings is 1. The van der Waals surface area contributed by atoms with Gasteiger partial charge in [-0.15, -0.1) is 0 Å². The van der Waals surface area contributed by atoms with E-state index in [1.807, 2.05) is 6.92 Å². The van der Waals surface area contributed by atoms with E-state index in [1.54, 1.807) is 53.4 Å². The molecule has 2 aromatic rings. The standard InChI is InChI=1S/C19H21ClN2O4S/c1-2-26-17-6-8-18(9-7-17)27(24,25)22-12-10-21(11-13-22)19(23)15-4-3-5-16(20)14-15/h3-9,14H,2,10-13H2,1H3. The van der Waals surface area contributed by atoms with Crippen molar-refractivity contribution in [3.63, 3.8) is 0 Å². The molecule has 27 heavy (non-hydrogen) atoms. The number of ether oxygens (including phenoxy) is 1. The van der Waals surface area contributed by atoms with E-state index in [4.69, 9.17) is 16.3 Å². The maximum absolute atomic E-state index is 12.8. The van der Waals surface area contributed by atoms with E-state index in [9.17, 15) is 13.2 Å². The smallest absolute Gasteiger partial charge is 0.253 e. The van der Waals surface area contributed by atoms with Crippen molar-refractivity contribution in [3.8, 4) is 5.75 Å². The van der Waals surface area contributed by atoms with Gasteiger partial charge in [0, 0.05) is 36.8 Å². The van der Waals surface area contributed by atoms with Gasteiger partial charge in [-0.25, -0.2) is 8.42 Å². The Bertz CT molecular complexity index is 908. The molecule has 1 aliphatic heterocycles. The lowest BCUT2D eigenvalue weighted by Gasteiger charge is -2.34. The third-order valence-corrected chi connectivity index (χ3v) is 6.52. The van der Waals surface area contributed by atoms with Crippen LogP contribution in [0.3, 0.4) is 0 Å². The van der Waals surface area contributed by atoms with Gasteiger partial charge in [0.25, 0.3) is 5.91 Å². The van der Waals surface area contributed by atoms with Crippen LogP contribution in [0.1, 0.15) is 17.3 Å². The quantitative estimate of drug-likeness (QED) is 0.762. The lowest BCUT2D eigenvalue weighted by atomic mass is 10.2. The molecule has 1 fully saturated rings. The van der Waals surface area contributed by atoms with Gasteiger partial charge >= 0.3 is 0 Å². The van der Waals surface area contributed by atoms with Crippen molar-refractivity contribution in [2.75, 3.05) is 32.8 Å². The summed E-state index contributed by atoms with van der Waals surface area (Å²) in [6.45, 7) is 3.57. The highest BCUT2D eigenvalue weighted by atomic mass is 35.5. The molecule has 3 rings (SSSR count). The highest BCUT2D eigenvalue weighted by Gasteiger charge is 2.30. The molecule has 2 aromatic carbocycles. The van der Waals surface area contributed by atoms with Crippen LogP contribution < -0.4 is 4.74 Å². The number of hydrogen-bond donors (Lipinski definition) is 0. The van der Waals surface area contributed by atoms with Crippen molar-refractivity contribution < 1.29 is 17.9 Å². The maximum atomic E-state index is 12.8. The number of halogens is 1. The average Bonchev–Trinajstić information content (AvgIpc) is 2.68. The van der Waals surface area contributed by atoms with Crippen LogP contribution in [-0.4, -0.2) is 56.3 Å². The third kappa shape index (κ3) is 4.43. The molecule has 0 radical (unpaired) electrons. The summed E-state index contributed by atoms with van der Waals surface area (Å²) in [7, 11) is -3.60. The zero-order valence-corrected chi connectivity index (χ0v) is 16.5. The Hall–Kier alpha value is -2.09. The monoisotopic (exact) mass is 408 g/mol. The summed E-state index contributed by atoms with van der Waals surface area (Å²) >= 11 is 5.94. The van der Waals surface area contributed by atoms with Gasteiger partial charge in [-0.3, -0.25) is 4.79 Å². The summed E-state index contributed by atoms with van der Waals surface area (Å²) in [5.74, 6) is 0.490. The van der Waals surface area contributed by atoms with Gasteiger partial charge in [-0.05, 0) is 49.4 Å². The molecule has 0 saturated carbocycles. The van der Waals surface area contributed by atoms with Crippen LogP contribution >= 0.6 is 11.6 Å². The summed E-state index contributed by atoms with van der Waals surface area (Å²) in [6.07, 6.45) is 0. The van der Waals surface area contributed by atoms with Gasteiger partial charge in [-0.2, -0.15) is 4.31 Å². The predicted octanol–water partition coefficient (Wildman–Crippen LogP) is 2.89. The van der Waals surface area contributed by atoms with Gasteiger partial charge in [0.2, 0.25) is 10.0 Å². The molecule has 0 N–H and O–H groups in total. The zero-order chi connectivity index (χ0) is 19.4. The summed E-state index contributed by atoms with van der Waals surface area (Å²) in [6, 6.07) is 13.1. The number of rotatable bonds is 5. The molecule has 0 spiro atoms. The summed E-state index contributed by atoms with van der Waals surface area (Å²) < 4.78 is 32.4. The second-order valence-electron chi connectivity index (χ2n) is 6.11. The van der Waals surface area contributed by atoms with E-state index in [-0.39, 0.29) is 23.9 Å².